The third-order valence-electron chi connectivity index (χ3n) is 2.16. The third kappa shape index (κ3) is 2.52. The van der Waals surface area contributed by atoms with Crippen molar-refractivity contribution in [2.75, 3.05) is 0 Å². The fourth-order valence-electron chi connectivity index (χ4n) is 1.46. The third-order valence-corrected chi connectivity index (χ3v) is 4.52. The molecule has 86 valence electrons. The highest BCUT2D eigenvalue weighted by molar-refractivity contribution is 8.14. The molecule has 0 bridgehead atoms. The van der Waals surface area contributed by atoms with Crippen molar-refractivity contribution in [3.63, 3.8) is 0 Å². The van der Waals surface area contributed by atoms with Crippen LogP contribution >= 0.6 is 10.8 Å². The summed E-state index contributed by atoms with van der Waals surface area (Å²) in [7, 11) is -5.49. The predicted octanol–water partition coefficient (Wildman–Crippen LogP) is -0.691. The summed E-state index contributed by atoms with van der Waals surface area (Å²) in [4.78, 5) is 0.741. The van der Waals surface area contributed by atoms with Gasteiger partial charge in [-0.3, -0.25) is 0 Å². The molecule has 4 nitrogen and oxygen atoms in total. The maximum absolute atomic E-state index is 10.5. The second-order valence-corrected chi connectivity index (χ2v) is 5.92. The summed E-state index contributed by atoms with van der Waals surface area (Å²) in [6, 6.07) is 7.53. The summed E-state index contributed by atoms with van der Waals surface area (Å²) in [5, 5.41) is 1.58. The molecule has 1 aromatic carbocycles. The van der Waals surface area contributed by atoms with Gasteiger partial charge in [-0.25, -0.2) is 0 Å². The molecule has 0 saturated carbocycles. The Balaban J connectivity index is 2.41. The first-order valence-electron chi connectivity index (χ1n) is 4.42. The Labute approximate surface area is 97.7 Å². The highest BCUT2D eigenvalue weighted by atomic mass is 35.7. The van der Waals surface area contributed by atoms with Crippen molar-refractivity contribution in [1.82, 2.24) is 0 Å². The van der Waals surface area contributed by atoms with Crippen LogP contribution in [-0.4, -0.2) is 4.86 Å². The second-order valence-electron chi connectivity index (χ2n) is 3.18. The lowest BCUT2D eigenvalue weighted by Gasteiger charge is -2.17. The minimum Gasteiger partial charge on any atom is -0.182 e. The highest BCUT2D eigenvalue weighted by Crippen LogP contribution is 2.32. The molecule has 0 spiro atoms. The van der Waals surface area contributed by atoms with Crippen LogP contribution in [0.1, 0.15) is 18.1 Å². The molecule has 0 aromatic heterocycles. The smallest absolute Gasteiger partial charge is 0.140 e. The zero-order valence-corrected chi connectivity index (χ0v) is 9.96. The van der Waals surface area contributed by atoms with E-state index in [0.717, 1.165) is 16.0 Å². The Morgan fingerprint density at radius 1 is 1.19 bits per heavy atom. The average molecular weight is 261 g/mol. The maximum atomic E-state index is 10.5. The highest BCUT2D eigenvalue weighted by Gasteiger charge is 2.24. The van der Waals surface area contributed by atoms with Gasteiger partial charge in [-0.15, -0.1) is 0 Å². The number of halogens is 1. The minimum atomic E-state index is -4.39. The molecular formula is C10H9ClO4S. The monoisotopic (exact) mass is 260 g/mol. The van der Waals surface area contributed by atoms with Crippen LogP contribution in [0.3, 0.4) is 0 Å². The Morgan fingerprint density at radius 2 is 1.88 bits per heavy atom. The van der Waals surface area contributed by atoms with Gasteiger partial charge in [0.2, 0.25) is 0 Å². The molecule has 1 unspecified atom stereocenters. The summed E-state index contributed by atoms with van der Waals surface area (Å²) in [5.41, 5.74) is 1.90. The van der Waals surface area contributed by atoms with Gasteiger partial charge in [0.1, 0.15) is 14.5 Å². The number of rotatable bonds is 2. The van der Waals surface area contributed by atoms with Gasteiger partial charge in [0, 0.05) is 10.3 Å². The van der Waals surface area contributed by atoms with Crippen LogP contribution in [0.5, 0.6) is 0 Å². The summed E-state index contributed by atoms with van der Waals surface area (Å²) < 4.78 is 36.0. The summed E-state index contributed by atoms with van der Waals surface area (Å²) >= 11 is 0. The largest absolute Gasteiger partial charge is 0.182 e. The molecular weight excluding hydrogens is 252 g/mol. The zero-order valence-electron chi connectivity index (χ0n) is 8.38. The van der Waals surface area contributed by atoms with Gasteiger partial charge in [-0.2, -0.15) is 14.0 Å². The normalized spacial score (nSPS) is 19.8. The molecule has 2 rings (SSSR count). The molecule has 1 aliphatic heterocycles. The summed E-state index contributed by atoms with van der Waals surface area (Å²) in [6.45, 7) is 1.76. The number of hydrogen-bond acceptors (Lipinski definition) is 4. The van der Waals surface area contributed by atoms with E-state index >= 15 is 0 Å². The van der Waals surface area contributed by atoms with Crippen LogP contribution in [0.4, 0.5) is 0 Å². The van der Waals surface area contributed by atoms with Gasteiger partial charge in [0.25, 0.3) is 0 Å². The fraction of sp³-hybridized carbons (Fsp3) is 0.100. The van der Waals surface area contributed by atoms with E-state index in [-0.39, 0.29) is 0 Å². The van der Waals surface area contributed by atoms with E-state index in [4.69, 9.17) is 0 Å². The Kier molecular flexibility index (Phi) is 3.16. The number of hydrogen-bond donors (Lipinski definition) is 0. The lowest BCUT2D eigenvalue weighted by atomic mass is 10.1. The van der Waals surface area contributed by atoms with E-state index in [1.165, 1.54) is 0 Å². The van der Waals surface area contributed by atoms with Crippen molar-refractivity contribution < 1.29 is 28.0 Å². The Hall–Kier alpha value is -0.690. The first-order valence-corrected chi connectivity index (χ1v) is 6.87. The second kappa shape index (κ2) is 4.29. The lowest BCUT2D eigenvalue weighted by Crippen LogP contribution is -2.60. The van der Waals surface area contributed by atoms with E-state index in [1.807, 2.05) is 24.3 Å². The van der Waals surface area contributed by atoms with Crippen molar-refractivity contribution in [1.29, 1.82) is 0 Å². The van der Waals surface area contributed by atoms with Crippen LogP contribution in [0.2, 0.25) is 0 Å². The molecule has 0 amide bonds. The molecule has 0 saturated heterocycles. The first-order chi connectivity index (χ1) is 7.47. The van der Waals surface area contributed by atoms with Gasteiger partial charge in [0.15, 0.2) is 0 Å². The Bertz CT molecular complexity index is 476. The Morgan fingerprint density at radius 3 is 2.56 bits per heavy atom. The van der Waals surface area contributed by atoms with E-state index in [0.29, 0.717) is 0 Å². The van der Waals surface area contributed by atoms with Crippen LogP contribution in [0.15, 0.2) is 29.7 Å². The number of fused-ring (bicyclic) bond motifs is 1. The molecule has 0 fully saturated rings. The topological polar surface area (TPSA) is 78.4 Å². The average Bonchev–Trinajstić information content (AvgIpc) is 2.21. The molecule has 6 heteroatoms. The zero-order chi connectivity index (χ0) is 11.8. The molecule has 1 atom stereocenters. The van der Waals surface area contributed by atoms with E-state index in [2.05, 4.69) is 3.74 Å². The van der Waals surface area contributed by atoms with Crippen LogP contribution in [0.25, 0.3) is 6.08 Å². The molecule has 0 aliphatic carbocycles. The molecule has 1 aliphatic rings. The quantitative estimate of drug-likeness (QED) is 0.660. The van der Waals surface area contributed by atoms with Crippen molar-refractivity contribution in [2.24, 2.45) is 0 Å². The molecule has 1 heterocycles. The lowest BCUT2D eigenvalue weighted by molar-refractivity contribution is -1.91. The molecule has 0 radical (unpaired) electrons. The van der Waals surface area contributed by atoms with E-state index < -0.39 is 21.0 Å². The van der Waals surface area contributed by atoms with Gasteiger partial charge in [-0.05, 0) is 24.1 Å². The SMILES string of the molecule is CC1=S(O[Cl+3]([O-])([O-])[O-])C=Cc2ccccc21. The van der Waals surface area contributed by atoms with Crippen LogP contribution < -0.4 is 14.0 Å². The minimum absolute atomic E-state index is 0.741. The van der Waals surface area contributed by atoms with Crippen molar-refractivity contribution >= 4 is 21.7 Å². The predicted molar refractivity (Wildman–Crippen MR) is 53.9 cm³/mol. The standard InChI is InChI=1S/C10H9ClO4S/c1-8-10-5-3-2-4-9(10)6-7-16(8)15-11(12,13)14/h2-7H,1H3. The summed E-state index contributed by atoms with van der Waals surface area (Å²) in [6.07, 6.45) is 1.76. The van der Waals surface area contributed by atoms with Crippen molar-refractivity contribution in [2.45, 2.75) is 6.92 Å². The number of benzene rings is 1. The summed E-state index contributed by atoms with van der Waals surface area (Å²) in [5.74, 6) is 0. The molecule has 16 heavy (non-hydrogen) atoms. The van der Waals surface area contributed by atoms with Crippen molar-refractivity contribution in [3.8, 4) is 0 Å². The maximum Gasteiger partial charge on any atom is 0.140 e. The van der Waals surface area contributed by atoms with Crippen molar-refractivity contribution in [3.05, 3.63) is 40.8 Å². The van der Waals surface area contributed by atoms with Gasteiger partial charge < -0.3 is 0 Å². The van der Waals surface area contributed by atoms with Crippen LogP contribution in [-0.2, 0) is 3.74 Å². The van der Waals surface area contributed by atoms with E-state index in [9.17, 15) is 14.0 Å². The van der Waals surface area contributed by atoms with Crippen LogP contribution in [0, 0.1) is 10.2 Å². The van der Waals surface area contributed by atoms with E-state index in [1.54, 1.807) is 18.4 Å². The first kappa shape index (κ1) is 11.8. The molecule has 0 N–H and O–H groups in total. The van der Waals surface area contributed by atoms with Gasteiger partial charge in [0.05, 0.1) is 10.2 Å². The molecule has 1 aromatic rings. The van der Waals surface area contributed by atoms with Gasteiger partial charge in [-0.1, -0.05) is 24.3 Å². The fourth-order valence-corrected chi connectivity index (χ4v) is 3.55. The van der Waals surface area contributed by atoms with Gasteiger partial charge >= 0.3 is 0 Å².